The molecule has 0 aliphatic heterocycles. The molecule has 142 valence electrons. The van der Waals surface area contributed by atoms with Crippen LogP contribution in [-0.4, -0.2) is 19.0 Å². The second kappa shape index (κ2) is 8.35. The SMILES string of the molecule is COc1cc(/C=C(\C#N)C(=O)Nc2ccc(F)cc2)ccc1OC(=O)C1CC1. The molecule has 2 aromatic carbocycles. The molecule has 0 spiro atoms. The minimum absolute atomic E-state index is 0.0513. The van der Waals surface area contributed by atoms with E-state index in [4.69, 9.17) is 9.47 Å². The van der Waals surface area contributed by atoms with Gasteiger partial charge < -0.3 is 14.8 Å². The smallest absolute Gasteiger partial charge is 0.314 e. The van der Waals surface area contributed by atoms with Crippen molar-refractivity contribution in [3.8, 4) is 17.6 Å². The van der Waals surface area contributed by atoms with Crippen molar-refractivity contribution >= 4 is 23.6 Å². The van der Waals surface area contributed by atoms with E-state index in [1.54, 1.807) is 18.2 Å². The molecule has 1 N–H and O–H groups in total. The van der Waals surface area contributed by atoms with Gasteiger partial charge in [-0.1, -0.05) is 6.07 Å². The number of hydrogen-bond acceptors (Lipinski definition) is 5. The first-order chi connectivity index (χ1) is 13.5. The lowest BCUT2D eigenvalue weighted by atomic mass is 10.1. The Kier molecular flexibility index (Phi) is 5.70. The molecule has 28 heavy (non-hydrogen) atoms. The van der Waals surface area contributed by atoms with Crippen LogP contribution in [0.4, 0.5) is 10.1 Å². The van der Waals surface area contributed by atoms with Crippen LogP contribution in [0.3, 0.4) is 0 Å². The first kappa shape index (κ1) is 19.1. The highest BCUT2D eigenvalue weighted by Gasteiger charge is 2.32. The number of rotatable bonds is 6. The molecule has 7 heteroatoms. The van der Waals surface area contributed by atoms with Crippen molar-refractivity contribution in [1.82, 2.24) is 0 Å². The number of esters is 1. The molecule has 0 heterocycles. The molecule has 0 aromatic heterocycles. The van der Waals surface area contributed by atoms with Gasteiger partial charge in [0.1, 0.15) is 17.5 Å². The number of ether oxygens (including phenoxy) is 2. The summed E-state index contributed by atoms with van der Waals surface area (Å²) in [5.41, 5.74) is 0.746. The predicted molar refractivity (Wildman–Crippen MR) is 100.0 cm³/mol. The van der Waals surface area contributed by atoms with E-state index in [1.807, 2.05) is 6.07 Å². The van der Waals surface area contributed by atoms with Gasteiger partial charge >= 0.3 is 5.97 Å². The molecule has 1 saturated carbocycles. The molecule has 1 aliphatic carbocycles. The summed E-state index contributed by atoms with van der Waals surface area (Å²) >= 11 is 0. The summed E-state index contributed by atoms with van der Waals surface area (Å²) in [4.78, 5) is 24.1. The lowest BCUT2D eigenvalue weighted by Gasteiger charge is -2.10. The third-order valence-electron chi connectivity index (χ3n) is 4.09. The molecule has 1 aliphatic rings. The Hall–Kier alpha value is -3.66. The largest absolute Gasteiger partial charge is 0.493 e. The number of nitrogens with zero attached hydrogens (tertiary/aromatic N) is 1. The zero-order chi connectivity index (χ0) is 20.1. The van der Waals surface area contributed by atoms with E-state index >= 15 is 0 Å². The monoisotopic (exact) mass is 380 g/mol. The van der Waals surface area contributed by atoms with Crippen LogP contribution in [0.25, 0.3) is 6.08 Å². The summed E-state index contributed by atoms with van der Waals surface area (Å²) in [7, 11) is 1.43. The summed E-state index contributed by atoms with van der Waals surface area (Å²) in [5, 5.41) is 11.8. The van der Waals surface area contributed by atoms with Crippen LogP contribution in [-0.2, 0) is 9.59 Å². The fraction of sp³-hybridized carbons (Fsp3) is 0.190. The maximum absolute atomic E-state index is 12.9. The second-order valence-electron chi connectivity index (χ2n) is 6.24. The zero-order valence-electron chi connectivity index (χ0n) is 15.1. The van der Waals surface area contributed by atoms with Crippen LogP contribution in [0.1, 0.15) is 18.4 Å². The Bertz CT molecular complexity index is 973. The second-order valence-corrected chi connectivity index (χ2v) is 6.24. The Morgan fingerprint density at radius 3 is 2.50 bits per heavy atom. The highest BCUT2D eigenvalue weighted by Crippen LogP contribution is 2.34. The van der Waals surface area contributed by atoms with E-state index < -0.39 is 11.7 Å². The number of anilines is 1. The van der Waals surface area contributed by atoms with Crippen LogP contribution in [0.5, 0.6) is 11.5 Å². The van der Waals surface area contributed by atoms with Gasteiger partial charge in [-0.05, 0) is 60.9 Å². The molecule has 3 rings (SSSR count). The molecule has 6 nitrogen and oxygen atoms in total. The van der Waals surface area contributed by atoms with Gasteiger partial charge in [0.05, 0.1) is 13.0 Å². The number of carbonyl (C=O) groups is 2. The molecule has 0 bridgehead atoms. The van der Waals surface area contributed by atoms with Crippen molar-refractivity contribution in [2.24, 2.45) is 5.92 Å². The standard InChI is InChI=1S/C21H17FN2O4/c1-27-19-11-13(2-9-18(19)28-21(26)14-3-4-14)10-15(12-23)20(25)24-17-7-5-16(22)6-8-17/h2,5-11,14H,3-4H2,1H3,(H,24,25)/b15-10+. The van der Waals surface area contributed by atoms with Crippen molar-refractivity contribution < 1.29 is 23.5 Å². The van der Waals surface area contributed by atoms with Crippen LogP contribution < -0.4 is 14.8 Å². The molecular formula is C21H17FN2O4. The topological polar surface area (TPSA) is 88.4 Å². The number of amides is 1. The van der Waals surface area contributed by atoms with Gasteiger partial charge in [0, 0.05) is 5.69 Å². The van der Waals surface area contributed by atoms with Crippen molar-refractivity contribution in [2.45, 2.75) is 12.8 Å². The molecule has 0 atom stereocenters. The molecule has 0 radical (unpaired) electrons. The van der Waals surface area contributed by atoms with Crippen molar-refractivity contribution in [2.75, 3.05) is 12.4 Å². The number of nitriles is 1. The molecule has 2 aromatic rings. The molecular weight excluding hydrogens is 363 g/mol. The first-order valence-electron chi connectivity index (χ1n) is 8.58. The van der Waals surface area contributed by atoms with E-state index in [0.29, 0.717) is 17.0 Å². The van der Waals surface area contributed by atoms with Crippen molar-refractivity contribution in [1.29, 1.82) is 5.26 Å². The summed E-state index contributed by atoms with van der Waals surface area (Å²) in [5.74, 6) is -0.798. The summed E-state index contributed by atoms with van der Waals surface area (Å²) in [6.45, 7) is 0. The van der Waals surface area contributed by atoms with Crippen LogP contribution >= 0.6 is 0 Å². The summed E-state index contributed by atoms with van der Waals surface area (Å²) in [6.07, 6.45) is 3.04. The fourth-order valence-electron chi connectivity index (χ4n) is 2.42. The third kappa shape index (κ3) is 4.74. The quantitative estimate of drug-likeness (QED) is 0.357. The van der Waals surface area contributed by atoms with E-state index in [-0.39, 0.29) is 23.2 Å². The highest BCUT2D eigenvalue weighted by molar-refractivity contribution is 6.09. The molecule has 1 amide bonds. The molecule has 1 fully saturated rings. The maximum Gasteiger partial charge on any atom is 0.314 e. The van der Waals surface area contributed by atoms with Crippen molar-refractivity contribution in [3.63, 3.8) is 0 Å². The lowest BCUT2D eigenvalue weighted by Crippen LogP contribution is -2.13. The van der Waals surface area contributed by atoms with Gasteiger partial charge in [-0.3, -0.25) is 9.59 Å². The van der Waals surface area contributed by atoms with Crippen LogP contribution in [0.15, 0.2) is 48.0 Å². The van der Waals surface area contributed by atoms with Gasteiger partial charge in [0.2, 0.25) is 0 Å². The summed E-state index contributed by atoms with van der Waals surface area (Å²) < 4.78 is 23.5. The van der Waals surface area contributed by atoms with Gasteiger partial charge in [0.15, 0.2) is 11.5 Å². The van der Waals surface area contributed by atoms with Crippen molar-refractivity contribution in [3.05, 3.63) is 59.4 Å². The average molecular weight is 380 g/mol. The third-order valence-corrected chi connectivity index (χ3v) is 4.09. The lowest BCUT2D eigenvalue weighted by molar-refractivity contribution is -0.135. The molecule has 0 saturated heterocycles. The number of carbonyl (C=O) groups excluding carboxylic acids is 2. The minimum atomic E-state index is -0.627. The number of benzene rings is 2. The fourth-order valence-corrected chi connectivity index (χ4v) is 2.42. The van der Waals surface area contributed by atoms with Gasteiger partial charge in [-0.2, -0.15) is 5.26 Å². The predicted octanol–water partition coefficient (Wildman–Crippen LogP) is 3.70. The van der Waals surface area contributed by atoms with Gasteiger partial charge in [-0.25, -0.2) is 4.39 Å². The number of hydrogen-bond donors (Lipinski definition) is 1. The Morgan fingerprint density at radius 1 is 1.18 bits per heavy atom. The van der Waals surface area contributed by atoms with Crippen LogP contribution in [0.2, 0.25) is 0 Å². The van der Waals surface area contributed by atoms with E-state index in [0.717, 1.165) is 12.8 Å². The summed E-state index contributed by atoms with van der Waals surface area (Å²) in [6, 6.07) is 11.8. The Labute approximate surface area is 161 Å². The zero-order valence-corrected chi connectivity index (χ0v) is 15.1. The van der Waals surface area contributed by atoms with Gasteiger partial charge in [0.25, 0.3) is 5.91 Å². The normalized spacial score (nSPS) is 13.4. The number of methoxy groups -OCH3 is 1. The minimum Gasteiger partial charge on any atom is -0.493 e. The number of nitrogens with one attached hydrogen (secondary N) is 1. The van der Waals surface area contributed by atoms with E-state index in [9.17, 15) is 19.2 Å². The van der Waals surface area contributed by atoms with Crippen LogP contribution in [0, 0.1) is 23.1 Å². The first-order valence-corrected chi connectivity index (χ1v) is 8.58. The molecule has 0 unspecified atom stereocenters. The highest BCUT2D eigenvalue weighted by atomic mass is 19.1. The van der Waals surface area contributed by atoms with E-state index in [1.165, 1.54) is 37.5 Å². The average Bonchev–Trinajstić information content (AvgIpc) is 3.54. The number of halogens is 1. The Balaban J connectivity index is 1.77. The van der Waals surface area contributed by atoms with Gasteiger partial charge in [-0.15, -0.1) is 0 Å². The maximum atomic E-state index is 12.9. The van der Waals surface area contributed by atoms with E-state index in [2.05, 4.69) is 5.32 Å². The Morgan fingerprint density at radius 2 is 1.89 bits per heavy atom.